The third kappa shape index (κ3) is 4.29. The van der Waals surface area contributed by atoms with E-state index in [9.17, 15) is 4.79 Å². The van der Waals surface area contributed by atoms with Crippen molar-refractivity contribution in [1.29, 1.82) is 0 Å². The van der Waals surface area contributed by atoms with Gasteiger partial charge in [-0.1, -0.05) is 34.8 Å². The van der Waals surface area contributed by atoms with Gasteiger partial charge < -0.3 is 15.6 Å². The highest BCUT2D eigenvalue weighted by atomic mass is 35.5. The minimum Gasteiger partial charge on any atom is -0.368 e. The molecule has 4 aromatic rings. The van der Waals surface area contributed by atoms with E-state index in [4.69, 9.17) is 39.8 Å². The van der Waals surface area contributed by atoms with Crippen LogP contribution in [0.5, 0.6) is 0 Å². The highest BCUT2D eigenvalue weighted by Crippen LogP contribution is 2.26. The zero-order chi connectivity index (χ0) is 22.9. The normalized spacial score (nSPS) is 14.2. The van der Waals surface area contributed by atoms with Gasteiger partial charge in [0.15, 0.2) is 5.82 Å². The molecule has 2 N–H and O–H groups in total. The molecule has 0 atom stereocenters. The maximum atomic E-state index is 13.5. The Balaban J connectivity index is 1.51. The Morgan fingerprint density at radius 2 is 1.76 bits per heavy atom. The van der Waals surface area contributed by atoms with E-state index in [2.05, 4.69) is 25.6 Å². The van der Waals surface area contributed by atoms with Crippen LogP contribution in [0.1, 0.15) is 5.82 Å². The summed E-state index contributed by atoms with van der Waals surface area (Å²) in [5.74, 6) is 1.14. The fourth-order valence-corrected chi connectivity index (χ4v) is 4.48. The SMILES string of the molecule is O=c1c2c(Cl)ccc(Cl)c2nc(CCNc2ncnc3ccc(Cl)nc23)n1N1CCNCC1. The summed E-state index contributed by atoms with van der Waals surface area (Å²) in [6.45, 7) is 3.33. The molecule has 170 valence electrons. The van der Waals surface area contributed by atoms with E-state index in [1.165, 1.54) is 6.33 Å². The summed E-state index contributed by atoms with van der Waals surface area (Å²) in [6.07, 6.45) is 1.90. The van der Waals surface area contributed by atoms with E-state index in [0.717, 1.165) is 13.1 Å². The van der Waals surface area contributed by atoms with Gasteiger partial charge >= 0.3 is 0 Å². The summed E-state index contributed by atoms with van der Waals surface area (Å²) >= 11 is 18.8. The zero-order valence-corrected chi connectivity index (χ0v) is 19.6. The van der Waals surface area contributed by atoms with Crippen molar-refractivity contribution in [3.05, 3.63) is 62.0 Å². The van der Waals surface area contributed by atoms with Gasteiger partial charge in [0.25, 0.3) is 5.56 Å². The second-order valence-corrected chi connectivity index (χ2v) is 8.70. The van der Waals surface area contributed by atoms with Crippen LogP contribution in [0.4, 0.5) is 5.82 Å². The van der Waals surface area contributed by atoms with E-state index in [0.29, 0.717) is 74.8 Å². The molecule has 0 radical (unpaired) electrons. The van der Waals surface area contributed by atoms with Crippen molar-refractivity contribution in [3.63, 3.8) is 0 Å². The third-order valence-corrected chi connectivity index (χ3v) is 6.27. The molecule has 3 aromatic heterocycles. The Morgan fingerprint density at radius 3 is 2.58 bits per heavy atom. The molecule has 0 spiro atoms. The first-order valence-corrected chi connectivity index (χ1v) is 11.5. The van der Waals surface area contributed by atoms with Crippen molar-refractivity contribution in [2.75, 3.05) is 43.0 Å². The number of halogens is 3. The van der Waals surface area contributed by atoms with Crippen LogP contribution in [0.15, 0.2) is 35.4 Å². The standard InChI is InChI=1S/C21H19Cl3N8O/c22-12-1-2-13(23)18-17(12)21(33)32(31-9-7-25-8-10-31)16(30-18)5-6-26-20-19-14(27-11-28-20)3-4-15(24)29-19/h1-4,11,25H,5-10H2,(H,26,27,28). The molecular weight excluding hydrogens is 487 g/mol. The van der Waals surface area contributed by atoms with Gasteiger partial charge in [-0.15, -0.1) is 0 Å². The van der Waals surface area contributed by atoms with E-state index < -0.39 is 0 Å². The van der Waals surface area contributed by atoms with Crippen LogP contribution < -0.4 is 21.2 Å². The lowest BCUT2D eigenvalue weighted by Gasteiger charge is -2.32. The lowest BCUT2D eigenvalue weighted by Crippen LogP contribution is -2.54. The summed E-state index contributed by atoms with van der Waals surface area (Å²) in [6, 6.07) is 6.74. The molecule has 1 aliphatic rings. The highest BCUT2D eigenvalue weighted by Gasteiger charge is 2.21. The quantitative estimate of drug-likeness (QED) is 0.399. The first-order chi connectivity index (χ1) is 16.0. The van der Waals surface area contributed by atoms with Crippen molar-refractivity contribution >= 4 is 62.6 Å². The summed E-state index contributed by atoms with van der Waals surface area (Å²) in [4.78, 5) is 31.1. The van der Waals surface area contributed by atoms with Gasteiger partial charge in [0.2, 0.25) is 0 Å². The van der Waals surface area contributed by atoms with Crippen LogP contribution in [0.25, 0.3) is 21.9 Å². The number of rotatable bonds is 5. The number of fused-ring (bicyclic) bond motifs is 2. The molecule has 0 aliphatic carbocycles. The molecule has 5 rings (SSSR count). The number of nitrogens with one attached hydrogen (secondary N) is 2. The molecule has 1 aliphatic heterocycles. The van der Waals surface area contributed by atoms with E-state index in [1.54, 1.807) is 28.9 Å². The molecule has 0 unspecified atom stereocenters. The Morgan fingerprint density at radius 1 is 0.970 bits per heavy atom. The van der Waals surface area contributed by atoms with Crippen molar-refractivity contribution in [1.82, 2.24) is 29.9 Å². The van der Waals surface area contributed by atoms with Crippen molar-refractivity contribution in [3.8, 4) is 0 Å². The number of hydrogen-bond donors (Lipinski definition) is 2. The molecule has 1 saturated heterocycles. The molecule has 33 heavy (non-hydrogen) atoms. The van der Waals surface area contributed by atoms with E-state index in [1.807, 2.05) is 5.01 Å². The number of pyridine rings is 1. The smallest absolute Gasteiger partial charge is 0.281 e. The first-order valence-electron chi connectivity index (χ1n) is 10.4. The van der Waals surface area contributed by atoms with Crippen molar-refractivity contribution in [2.45, 2.75) is 6.42 Å². The highest BCUT2D eigenvalue weighted by molar-refractivity contribution is 6.39. The van der Waals surface area contributed by atoms with Gasteiger partial charge in [-0.05, 0) is 24.3 Å². The maximum Gasteiger partial charge on any atom is 0.281 e. The fourth-order valence-electron chi connectivity index (χ4n) is 3.90. The third-order valence-electron chi connectivity index (χ3n) is 5.43. The van der Waals surface area contributed by atoms with Gasteiger partial charge in [-0.3, -0.25) is 4.79 Å². The second kappa shape index (κ2) is 9.26. The Hall–Kier alpha value is -2.72. The number of hydrogen-bond acceptors (Lipinski definition) is 8. The average Bonchev–Trinajstić information content (AvgIpc) is 2.82. The van der Waals surface area contributed by atoms with E-state index >= 15 is 0 Å². The predicted molar refractivity (Wildman–Crippen MR) is 131 cm³/mol. The minimum absolute atomic E-state index is 0.231. The lowest BCUT2D eigenvalue weighted by atomic mass is 10.2. The van der Waals surface area contributed by atoms with Crippen LogP contribution >= 0.6 is 34.8 Å². The Bertz CT molecular complexity index is 1400. The Kier molecular flexibility index (Phi) is 6.20. The molecule has 12 heteroatoms. The van der Waals surface area contributed by atoms with Crippen molar-refractivity contribution in [2.24, 2.45) is 0 Å². The van der Waals surface area contributed by atoms with Gasteiger partial charge in [0, 0.05) is 39.1 Å². The van der Waals surface area contributed by atoms with Gasteiger partial charge in [-0.2, -0.15) is 0 Å². The second-order valence-electron chi connectivity index (χ2n) is 7.50. The Labute approximate surface area is 203 Å². The topological polar surface area (TPSA) is 101 Å². The number of anilines is 1. The summed E-state index contributed by atoms with van der Waals surface area (Å²) < 4.78 is 1.63. The largest absolute Gasteiger partial charge is 0.368 e. The van der Waals surface area contributed by atoms with Gasteiger partial charge in [0.05, 0.1) is 26.5 Å². The number of nitrogens with zero attached hydrogens (tertiary/aromatic N) is 6. The summed E-state index contributed by atoms with van der Waals surface area (Å²) in [7, 11) is 0. The van der Waals surface area contributed by atoms with Gasteiger partial charge in [0.1, 0.15) is 22.8 Å². The molecule has 9 nitrogen and oxygen atoms in total. The molecule has 0 amide bonds. The van der Waals surface area contributed by atoms with Crippen LogP contribution in [-0.4, -0.2) is 57.3 Å². The molecule has 1 fully saturated rings. The van der Waals surface area contributed by atoms with Crippen LogP contribution in [-0.2, 0) is 6.42 Å². The zero-order valence-electron chi connectivity index (χ0n) is 17.4. The van der Waals surface area contributed by atoms with E-state index in [-0.39, 0.29) is 5.56 Å². The lowest BCUT2D eigenvalue weighted by molar-refractivity contribution is 0.467. The molecule has 0 saturated carbocycles. The van der Waals surface area contributed by atoms with Crippen LogP contribution in [0.2, 0.25) is 15.2 Å². The summed E-state index contributed by atoms with van der Waals surface area (Å²) in [5, 5.41) is 9.94. The monoisotopic (exact) mass is 504 g/mol. The average molecular weight is 506 g/mol. The van der Waals surface area contributed by atoms with Crippen LogP contribution in [0.3, 0.4) is 0 Å². The fraction of sp³-hybridized carbons (Fsp3) is 0.286. The van der Waals surface area contributed by atoms with Gasteiger partial charge in [-0.25, -0.2) is 24.6 Å². The minimum atomic E-state index is -0.231. The molecule has 1 aromatic carbocycles. The maximum absolute atomic E-state index is 13.5. The first kappa shape index (κ1) is 22.1. The number of benzene rings is 1. The molecule has 4 heterocycles. The molecule has 0 bridgehead atoms. The summed E-state index contributed by atoms with van der Waals surface area (Å²) in [5.41, 5.74) is 1.42. The number of piperazine rings is 1. The van der Waals surface area contributed by atoms with Crippen molar-refractivity contribution < 1.29 is 0 Å². The molecular formula is C21H19Cl3N8O. The number of aromatic nitrogens is 5. The predicted octanol–water partition coefficient (Wildman–Crippen LogP) is 2.89. The van der Waals surface area contributed by atoms with Crippen LogP contribution in [0, 0.1) is 0 Å².